The third kappa shape index (κ3) is 4.45. The largest absolute Gasteiger partial charge is 0.329 e. The summed E-state index contributed by atoms with van der Waals surface area (Å²) in [5.41, 5.74) is 9.12. The highest BCUT2D eigenvalue weighted by molar-refractivity contribution is 5.93. The number of nitrogens with two attached hydrogens (primary N) is 1. The smallest absolute Gasteiger partial charge is 0.238 e. The Hall–Kier alpha value is -1.10. The molecule has 1 saturated heterocycles. The zero-order valence-electron chi connectivity index (χ0n) is 13.8. The number of hydrogen-bond acceptors (Lipinski definition) is 3. The molecule has 1 aliphatic heterocycles. The van der Waals surface area contributed by atoms with Gasteiger partial charge in [-0.25, -0.2) is 0 Å². The number of rotatable bonds is 4. The van der Waals surface area contributed by atoms with Crippen LogP contribution in [0.4, 0.5) is 5.69 Å². The second-order valence-corrected chi connectivity index (χ2v) is 6.19. The van der Waals surface area contributed by atoms with Gasteiger partial charge in [0, 0.05) is 18.3 Å². The number of likely N-dealkylation sites (tertiary alicyclic amines) is 1. The van der Waals surface area contributed by atoms with Crippen molar-refractivity contribution in [3.05, 3.63) is 29.3 Å². The average Bonchev–Trinajstić information content (AvgIpc) is 2.44. The molecule has 2 rings (SSSR count). The lowest BCUT2D eigenvalue weighted by Gasteiger charge is -2.38. The first-order chi connectivity index (χ1) is 10.0. The summed E-state index contributed by atoms with van der Waals surface area (Å²) >= 11 is 0. The van der Waals surface area contributed by atoms with Crippen LogP contribution in [0.1, 0.15) is 30.9 Å². The minimum absolute atomic E-state index is 0. The second-order valence-electron chi connectivity index (χ2n) is 6.19. The highest BCUT2D eigenvalue weighted by atomic mass is 35.5. The van der Waals surface area contributed by atoms with E-state index < -0.39 is 0 Å². The summed E-state index contributed by atoms with van der Waals surface area (Å²) in [6.45, 7) is 8.34. The van der Waals surface area contributed by atoms with E-state index in [0.717, 1.165) is 24.2 Å². The van der Waals surface area contributed by atoms with Crippen molar-refractivity contribution < 1.29 is 4.79 Å². The molecule has 5 heteroatoms. The Morgan fingerprint density at radius 3 is 2.82 bits per heavy atom. The van der Waals surface area contributed by atoms with Crippen LogP contribution in [0.3, 0.4) is 0 Å². The van der Waals surface area contributed by atoms with Crippen molar-refractivity contribution in [2.75, 3.05) is 25.0 Å². The topological polar surface area (TPSA) is 58.4 Å². The van der Waals surface area contributed by atoms with E-state index in [9.17, 15) is 4.79 Å². The van der Waals surface area contributed by atoms with Crippen LogP contribution >= 0.6 is 12.4 Å². The fourth-order valence-electron chi connectivity index (χ4n) is 3.17. The Labute approximate surface area is 139 Å². The third-order valence-electron chi connectivity index (χ3n) is 4.70. The van der Waals surface area contributed by atoms with E-state index in [0.29, 0.717) is 25.0 Å². The van der Waals surface area contributed by atoms with Gasteiger partial charge >= 0.3 is 0 Å². The Bertz CT molecular complexity index is 507. The molecule has 1 amide bonds. The van der Waals surface area contributed by atoms with Crippen LogP contribution in [0, 0.1) is 19.8 Å². The van der Waals surface area contributed by atoms with Gasteiger partial charge in [0.1, 0.15) is 0 Å². The Morgan fingerprint density at radius 2 is 2.14 bits per heavy atom. The van der Waals surface area contributed by atoms with Gasteiger partial charge in [0.2, 0.25) is 5.91 Å². The maximum absolute atomic E-state index is 12.3. The summed E-state index contributed by atoms with van der Waals surface area (Å²) < 4.78 is 0. The number of benzene rings is 1. The monoisotopic (exact) mass is 325 g/mol. The van der Waals surface area contributed by atoms with Crippen molar-refractivity contribution in [2.24, 2.45) is 11.7 Å². The van der Waals surface area contributed by atoms with Gasteiger partial charge in [0.25, 0.3) is 0 Å². The molecular formula is C17H28ClN3O. The lowest BCUT2D eigenvalue weighted by atomic mass is 9.91. The molecule has 0 saturated carbocycles. The molecule has 0 aliphatic carbocycles. The summed E-state index contributed by atoms with van der Waals surface area (Å²) in [5, 5.41) is 3.04. The number of piperidine rings is 1. The normalized spacial score (nSPS) is 22.0. The molecular weight excluding hydrogens is 298 g/mol. The molecule has 3 N–H and O–H groups in total. The SMILES string of the molecule is Cc1cccc(NC(=O)CN2CCCC(C)C2CN)c1C.Cl. The zero-order valence-corrected chi connectivity index (χ0v) is 14.6. The van der Waals surface area contributed by atoms with Crippen LogP contribution in [-0.2, 0) is 4.79 Å². The summed E-state index contributed by atoms with van der Waals surface area (Å²) in [7, 11) is 0. The highest BCUT2D eigenvalue weighted by Gasteiger charge is 2.28. The van der Waals surface area contributed by atoms with E-state index in [1.165, 1.54) is 12.0 Å². The first-order valence-electron chi connectivity index (χ1n) is 7.83. The number of aryl methyl sites for hydroxylation is 1. The van der Waals surface area contributed by atoms with Gasteiger partial charge in [0.05, 0.1) is 6.54 Å². The van der Waals surface area contributed by atoms with E-state index in [-0.39, 0.29) is 18.3 Å². The number of carbonyl (C=O) groups is 1. The fraction of sp³-hybridized carbons (Fsp3) is 0.588. The molecule has 1 heterocycles. The number of nitrogens with one attached hydrogen (secondary N) is 1. The van der Waals surface area contributed by atoms with E-state index in [1.54, 1.807) is 0 Å². The number of hydrogen-bond donors (Lipinski definition) is 2. The van der Waals surface area contributed by atoms with E-state index in [1.807, 2.05) is 19.1 Å². The standard InChI is InChI=1S/C17H27N3O.ClH/c1-12-6-4-8-15(14(12)3)19-17(21)11-20-9-5-7-13(2)16(20)10-18;/h4,6,8,13,16H,5,7,9-11,18H2,1-3H3,(H,19,21);1H. The molecule has 1 fully saturated rings. The second kappa shape index (κ2) is 8.51. The number of anilines is 1. The van der Waals surface area contributed by atoms with E-state index in [2.05, 4.69) is 30.1 Å². The van der Waals surface area contributed by atoms with Gasteiger partial charge in [-0.3, -0.25) is 9.69 Å². The maximum Gasteiger partial charge on any atom is 0.238 e. The first-order valence-corrected chi connectivity index (χ1v) is 7.83. The third-order valence-corrected chi connectivity index (χ3v) is 4.70. The van der Waals surface area contributed by atoms with Crippen LogP contribution in [0.15, 0.2) is 18.2 Å². The zero-order chi connectivity index (χ0) is 15.4. The lowest BCUT2D eigenvalue weighted by Crippen LogP contribution is -2.51. The van der Waals surface area contributed by atoms with Crippen LogP contribution in [0.2, 0.25) is 0 Å². The number of carbonyl (C=O) groups excluding carboxylic acids is 1. The van der Waals surface area contributed by atoms with Gasteiger partial charge < -0.3 is 11.1 Å². The van der Waals surface area contributed by atoms with Crippen LogP contribution in [0.25, 0.3) is 0 Å². The van der Waals surface area contributed by atoms with Gasteiger partial charge in [0.15, 0.2) is 0 Å². The van der Waals surface area contributed by atoms with Gasteiger partial charge in [-0.05, 0) is 56.3 Å². The Morgan fingerprint density at radius 1 is 1.41 bits per heavy atom. The molecule has 2 unspecified atom stereocenters. The van der Waals surface area contributed by atoms with Gasteiger partial charge in [-0.1, -0.05) is 19.1 Å². The molecule has 1 aliphatic rings. The maximum atomic E-state index is 12.3. The Kier molecular flexibility index (Phi) is 7.33. The molecule has 1 aromatic carbocycles. The Balaban J connectivity index is 0.00000242. The van der Waals surface area contributed by atoms with Crippen LogP contribution < -0.4 is 11.1 Å². The van der Waals surface area contributed by atoms with E-state index in [4.69, 9.17) is 5.73 Å². The van der Waals surface area contributed by atoms with Crippen molar-refractivity contribution in [3.63, 3.8) is 0 Å². The van der Waals surface area contributed by atoms with Crippen molar-refractivity contribution in [1.82, 2.24) is 4.90 Å². The fourth-order valence-corrected chi connectivity index (χ4v) is 3.17. The van der Waals surface area contributed by atoms with E-state index >= 15 is 0 Å². The molecule has 4 nitrogen and oxygen atoms in total. The highest BCUT2D eigenvalue weighted by Crippen LogP contribution is 2.23. The first kappa shape index (κ1) is 18.9. The minimum Gasteiger partial charge on any atom is -0.329 e. The lowest BCUT2D eigenvalue weighted by molar-refractivity contribution is -0.118. The predicted octanol–water partition coefficient (Wildman–Crippen LogP) is 2.72. The summed E-state index contributed by atoms with van der Waals surface area (Å²) in [6, 6.07) is 6.31. The van der Waals surface area contributed by atoms with Gasteiger partial charge in [-0.15, -0.1) is 12.4 Å². The molecule has 0 spiro atoms. The van der Waals surface area contributed by atoms with Crippen molar-refractivity contribution in [1.29, 1.82) is 0 Å². The molecule has 2 atom stereocenters. The summed E-state index contributed by atoms with van der Waals surface area (Å²) in [5.74, 6) is 0.619. The number of nitrogens with zero attached hydrogens (tertiary/aromatic N) is 1. The molecule has 124 valence electrons. The molecule has 0 bridgehead atoms. The van der Waals surface area contributed by atoms with Gasteiger partial charge in [-0.2, -0.15) is 0 Å². The van der Waals surface area contributed by atoms with Crippen molar-refractivity contribution in [2.45, 2.75) is 39.7 Å². The quantitative estimate of drug-likeness (QED) is 0.895. The number of amides is 1. The average molecular weight is 326 g/mol. The molecule has 0 radical (unpaired) electrons. The summed E-state index contributed by atoms with van der Waals surface area (Å²) in [6.07, 6.45) is 2.35. The van der Waals surface area contributed by atoms with Crippen molar-refractivity contribution >= 4 is 24.0 Å². The molecule has 22 heavy (non-hydrogen) atoms. The molecule has 0 aromatic heterocycles. The molecule has 1 aromatic rings. The number of halogens is 1. The van der Waals surface area contributed by atoms with Crippen molar-refractivity contribution in [3.8, 4) is 0 Å². The summed E-state index contributed by atoms with van der Waals surface area (Å²) in [4.78, 5) is 14.5. The van der Waals surface area contributed by atoms with Crippen LogP contribution in [-0.4, -0.2) is 36.5 Å². The van der Waals surface area contributed by atoms with Crippen LogP contribution in [0.5, 0.6) is 0 Å². The predicted molar refractivity (Wildman–Crippen MR) is 94.6 cm³/mol. The minimum atomic E-state index is 0.